The highest BCUT2D eigenvalue weighted by atomic mass is 16.5. The Hall–Kier alpha value is -3.60. The van der Waals surface area contributed by atoms with Crippen molar-refractivity contribution in [2.45, 2.75) is 44.6 Å². The number of carbonyl (C=O) groups excluding carboxylic acids is 1. The molecule has 0 radical (unpaired) electrons. The number of hydrogen-bond donors (Lipinski definition) is 1. The summed E-state index contributed by atoms with van der Waals surface area (Å²) in [5.74, 6) is -0.948. The van der Waals surface area contributed by atoms with Crippen LogP contribution >= 0.6 is 0 Å². The smallest absolute Gasteiger partial charge is 0.348 e. The van der Waals surface area contributed by atoms with Gasteiger partial charge in [-0.15, -0.1) is 0 Å². The molecule has 11 heteroatoms. The highest BCUT2D eigenvalue weighted by Crippen LogP contribution is 2.21. The third kappa shape index (κ3) is 5.14. The second-order valence-electron chi connectivity index (χ2n) is 8.55. The van der Waals surface area contributed by atoms with Crippen molar-refractivity contribution in [3.8, 4) is 17.2 Å². The molecule has 180 valence electrons. The molecule has 0 bridgehead atoms. The number of nitrogens with zero attached hydrogens (tertiary/aromatic N) is 6. The van der Waals surface area contributed by atoms with Gasteiger partial charge in [-0.05, 0) is 45.0 Å². The minimum Gasteiger partial charge on any atom is -0.348 e. The average Bonchev–Trinajstić information content (AvgIpc) is 3.36. The Labute approximate surface area is 196 Å². The largest absolute Gasteiger partial charge is 0.351 e. The molecule has 1 fully saturated rings. The summed E-state index contributed by atoms with van der Waals surface area (Å²) in [6, 6.07) is 9.29. The summed E-state index contributed by atoms with van der Waals surface area (Å²) >= 11 is 0. The Balaban J connectivity index is 1.42. The lowest BCUT2D eigenvalue weighted by Crippen LogP contribution is -2.40. The fourth-order valence-corrected chi connectivity index (χ4v) is 4.17. The molecule has 1 aliphatic rings. The van der Waals surface area contributed by atoms with Crippen molar-refractivity contribution < 1.29 is 9.32 Å². The van der Waals surface area contributed by atoms with Crippen molar-refractivity contribution in [3.63, 3.8) is 0 Å². The Morgan fingerprint density at radius 1 is 1.18 bits per heavy atom. The van der Waals surface area contributed by atoms with Gasteiger partial charge in [0.25, 0.3) is 5.56 Å². The molecule has 1 aromatic carbocycles. The van der Waals surface area contributed by atoms with Gasteiger partial charge < -0.3 is 14.7 Å². The maximum atomic E-state index is 12.6. The van der Waals surface area contributed by atoms with Crippen molar-refractivity contribution in [3.05, 3.63) is 57.1 Å². The summed E-state index contributed by atoms with van der Waals surface area (Å²) in [7, 11) is 3.47. The van der Waals surface area contributed by atoms with E-state index >= 15 is 0 Å². The van der Waals surface area contributed by atoms with Crippen molar-refractivity contribution >= 4 is 5.91 Å². The Bertz CT molecular complexity index is 1240. The van der Waals surface area contributed by atoms with Gasteiger partial charge in [-0.2, -0.15) is 14.8 Å². The zero-order valence-electron chi connectivity index (χ0n) is 19.4. The zero-order valence-corrected chi connectivity index (χ0v) is 19.4. The van der Waals surface area contributed by atoms with Crippen LogP contribution in [0.15, 0.2) is 44.4 Å². The molecule has 3 aromatic rings. The van der Waals surface area contributed by atoms with E-state index in [4.69, 9.17) is 4.52 Å². The minimum absolute atomic E-state index is 0.160. The molecule has 11 nitrogen and oxygen atoms in total. The summed E-state index contributed by atoms with van der Waals surface area (Å²) in [5, 5.41) is 10.7. The summed E-state index contributed by atoms with van der Waals surface area (Å²) in [4.78, 5) is 44.0. The molecule has 0 saturated heterocycles. The van der Waals surface area contributed by atoms with Gasteiger partial charge >= 0.3 is 17.5 Å². The fourth-order valence-electron chi connectivity index (χ4n) is 4.17. The average molecular weight is 468 g/mol. The van der Waals surface area contributed by atoms with Crippen LogP contribution in [-0.4, -0.2) is 61.5 Å². The van der Waals surface area contributed by atoms with Crippen LogP contribution in [0.2, 0.25) is 0 Å². The van der Waals surface area contributed by atoms with Gasteiger partial charge in [0.1, 0.15) is 0 Å². The molecular weight excluding hydrogens is 438 g/mol. The molecule has 34 heavy (non-hydrogen) atoms. The summed E-state index contributed by atoms with van der Waals surface area (Å²) in [6.07, 6.45) is 7.15. The van der Waals surface area contributed by atoms with Crippen molar-refractivity contribution in [2.75, 3.05) is 20.1 Å². The van der Waals surface area contributed by atoms with Crippen LogP contribution in [0, 0.1) is 0 Å². The van der Waals surface area contributed by atoms with Gasteiger partial charge in [0, 0.05) is 19.6 Å². The highest BCUT2D eigenvalue weighted by molar-refractivity contribution is 5.89. The lowest BCUT2D eigenvalue weighted by molar-refractivity contribution is 0.0906. The van der Waals surface area contributed by atoms with E-state index in [9.17, 15) is 14.4 Å². The van der Waals surface area contributed by atoms with Crippen LogP contribution in [0.1, 0.15) is 49.2 Å². The monoisotopic (exact) mass is 467 g/mol. The van der Waals surface area contributed by atoms with E-state index in [0.29, 0.717) is 18.3 Å². The molecule has 2 aromatic heterocycles. The van der Waals surface area contributed by atoms with Crippen LogP contribution in [0.5, 0.6) is 0 Å². The first-order chi connectivity index (χ1) is 16.5. The maximum Gasteiger partial charge on any atom is 0.351 e. The van der Waals surface area contributed by atoms with E-state index in [1.54, 1.807) is 30.3 Å². The topological polar surface area (TPSA) is 128 Å². The molecule has 1 amide bonds. The minimum atomic E-state index is -0.685. The molecule has 0 aliphatic heterocycles. The van der Waals surface area contributed by atoms with Crippen molar-refractivity contribution in [1.29, 1.82) is 0 Å². The molecule has 1 saturated carbocycles. The highest BCUT2D eigenvalue weighted by Gasteiger charge is 2.22. The van der Waals surface area contributed by atoms with Crippen LogP contribution in [0.3, 0.4) is 0 Å². The van der Waals surface area contributed by atoms with E-state index < -0.39 is 17.2 Å². The molecule has 1 aliphatic carbocycles. The number of para-hydroxylation sites is 1. The van der Waals surface area contributed by atoms with Crippen LogP contribution in [-0.2, 0) is 7.05 Å². The normalized spacial score (nSPS) is 14.4. The van der Waals surface area contributed by atoms with Crippen molar-refractivity contribution in [2.24, 2.45) is 7.05 Å². The standard InChI is InChI=1S/C23H29N7O4/c1-28(16-10-5-3-6-11-16)15-9-14-24-20(31)21-25-19(27-34-21)18-22(32)29(2)23(33)30(26-18)17-12-7-4-8-13-17/h4,7-8,12-13,16H,3,5-6,9-11,14-15H2,1-2H3,(H,24,31). The SMILES string of the molecule is CN(CCCNC(=O)c1nc(-c2nn(-c3ccccc3)c(=O)n(C)c2=O)no1)C1CCCCC1. The molecule has 0 atom stereocenters. The molecule has 2 heterocycles. The Morgan fingerprint density at radius 3 is 2.65 bits per heavy atom. The molecule has 1 N–H and O–H groups in total. The van der Waals surface area contributed by atoms with E-state index in [1.165, 1.54) is 39.2 Å². The summed E-state index contributed by atoms with van der Waals surface area (Å²) < 4.78 is 7.06. The first kappa shape index (κ1) is 23.6. The third-order valence-electron chi connectivity index (χ3n) is 6.18. The van der Waals surface area contributed by atoms with Crippen LogP contribution < -0.4 is 16.6 Å². The Kier molecular flexibility index (Phi) is 7.31. The lowest BCUT2D eigenvalue weighted by Gasteiger charge is -2.31. The van der Waals surface area contributed by atoms with E-state index in [1.807, 2.05) is 0 Å². The van der Waals surface area contributed by atoms with Crippen LogP contribution in [0.4, 0.5) is 0 Å². The third-order valence-corrected chi connectivity index (χ3v) is 6.18. The zero-order chi connectivity index (χ0) is 24.1. The predicted octanol–water partition coefficient (Wildman–Crippen LogP) is 1.37. The summed E-state index contributed by atoms with van der Waals surface area (Å²) in [6.45, 7) is 1.35. The number of amides is 1. The van der Waals surface area contributed by atoms with Gasteiger partial charge in [-0.1, -0.05) is 42.6 Å². The van der Waals surface area contributed by atoms with Gasteiger partial charge in [-0.3, -0.25) is 14.2 Å². The first-order valence-corrected chi connectivity index (χ1v) is 11.5. The second kappa shape index (κ2) is 10.6. The van der Waals surface area contributed by atoms with Gasteiger partial charge in [-0.25, -0.2) is 4.79 Å². The van der Waals surface area contributed by atoms with Gasteiger partial charge in [0.05, 0.1) is 5.69 Å². The van der Waals surface area contributed by atoms with Gasteiger partial charge in [0.15, 0.2) is 5.69 Å². The molecular formula is C23H29N7O4. The first-order valence-electron chi connectivity index (χ1n) is 11.5. The molecule has 0 unspecified atom stereocenters. The number of aromatic nitrogens is 5. The van der Waals surface area contributed by atoms with Crippen LogP contribution in [0.25, 0.3) is 17.2 Å². The van der Waals surface area contributed by atoms with E-state index in [0.717, 1.165) is 22.2 Å². The quantitative estimate of drug-likeness (QED) is 0.492. The lowest BCUT2D eigenvalue weighted by atomic mass is 9.94. The predicted molar refractivity (Wildman–Crippen MR) is 125 cm³/mol. The number of nitrogens with one attached hydrogen (secondary N) is 1. The van der Waals surface area contributed by atoms with E-state index in [-0.39, 0.29) is 17.4 Å². The van der Waals surface area contributed by atoms with Crippen molar-refractivity contribution in [1.82, 2.24) is 34.7 Å². The molecule has 4 rings (SSSR count). The van der Waals surface area contributed by atoms with E-state index in [2.05, 4.69) is 32.5 Å². The maximum absolute atomic E-state index is 12.6. The number of rotatable bonds is 8. The second-order valence-corrected chi connectivity index (χ2v) is 8.55. The van der Waals surface area contributed by atoms with Gasteiger partial charge in [0.2, 0.25) is 5.82 Å². The number of hydrogen-bond acceptors (Lipinski definition) is 8. The number of carbonyl (C=O) groups is 1. The Morgan fingerprint density at radius 2 is 1.91 bits per heavy atom. The molecule has 0 spiro atoms. The number of benzene rings is 1. The summed E-state index contributed by atoms with van der Waals surface area (Å²) in [5.41, 5.74) is -1.01. The fraction of sp³-hybridized carbons (Fsp3) is 0.478.